The fourth-order valence-electron chi connectivity index (χ4n) is 4.41. The number of ether oxygens (including phenoxy) is 1. The van der Waals surface area contributed by atoms with Crippen molar-refractivity contribution in [2.45, 2.75) is 31.3 Å². The monoisotopic (exact) mass is 308 g/mol. The van der Waals surface area contributed by atoms with E-state index in [9.17, 15) is 9.90 Å². The molecule has 0 aliphatic heterocycles. The van der Waals surface area contributed by atoms with Crippen molar-refractivity contribution in [3.05, 3.63) is 59.7 Å². The van der Waals surface area contributed by atoms with Crippen LogP contribution in [-0.2, 0) is 9.53 Å². The van der Waals surface area contributed by atoms with E-state index < -0.39 is 12.0 Å². The summed E-state index contributed by atoms with van der Waals surface area (Å²) in [4.78, 5) is 12.5. The van der Waals surface area contributed by atoms with Crippen LogP contribution in [0, 0.1) is 5.92 Å². The summed E-state index contributed by atoms with van der Waals surface area (Å²) in [5.74, 6) is -0.586. The quantitative estimate of drug-likeness (QED) is 0.864. The lowest BCUT2D eigenvalue weighted by molar-refractivity contribution is -0.151. The summed E-state index contributed by atoms with van der Waals surface area (Å²) in [5, 5.41) is 10.6. The lowest BCUT2D eigenvalue weighted by Crippen LogP contribution is -2.30. The normalized spacial score (nSPS) is 27.7. The molecule has 2 aliphatic carbocycles. The first-order chi connectivity index (χ1) is 11.2. The van der Waals surface area contributed by atoms with Crippen LogP contribution in [0.15, 0.2) is 48.5 Å². The fraction of sp³-hybridized carbons (Fsp3) is 0.350. The number of esters is 1. The van der Waals surface area contributed by atoms with E-state index >= 15 is 0 Å². The molecule has 118 valence electrons. The number of aliphatic hydroxyl groups is 1. The minimum atomic E-state index is -0.650. The smallest absolute Gasteiger partial charge is 0.312 e. The maximum Gasteiger partial charge on any atom is 0.312 e. The van der Waals surface area contributed by atoms with Gasteiger partial charge in [0.25, 0.3) is 0 Å². The lowest BCUT2D eigenvalue weighted by atomic mass is 9.71. The van der Waals surface area contributed by atoms with Crippen LogP contribution in [0.2, 0.25) is 0 Å². The molecule has 3 heteroatoms. The van der Waals surface area contributed by atoms with E-state index in [0.29, 0.717) is 13.0 Å². The molecule has 0 unspecified atom stereocenters. The largest absolute Gasteiger partial charge is 0.466 e. The van der Waals surface area contributed by atoms with Crippen LogP contribution in [0.3, 0.4) is 0 Å². The Balaban J connectivity index is 1.89. The van der Waals surface area contributed by atoms with Gasteiger partial charge in [0.15, 0.2) is 0 Å². The first-order valence-electron chi connectivity index (χ1n) is 8.25. The second kappa shape index (κ2) is 5.50. The predicted octanol–water partition coefficient (Wildman–Crippen LogP) is 3.48. The van der Waals surface area contributed by atoms with Gasteiger partial charge in [0, 0.05) is 5.92 Å². The zero-order chi connectivity index (χ0) is 16.0. The van der Waals surface area contributed by atoms with Crippen molar-refractivity contribution in [3.8, 4) is 11.1 Å². The topological polar surface area (TPSA) is 46.5 Å². The third-order valence-corrected chi connectivity index (χ3v) is 5.26. The molecule has 4 rings (SSSR count). The zero-order valence-electron chi connectivity index (χ0n) is 13.1. The maximum absolute atomic E-state index is 12.5. The average molecular weight is 308 g/mol. The van der Waals surface area contributed by atoms with Crippen molar-refractivity contribution >= 4 is 5.97 Å². The Morgan fingerprint density at radius 3 is 2.39 bits per heavy atom. The second-order valence-corrected chi connectivity index (χ2v) is 6.39. The van der Waals surface area contributed by atoms with Crippen LogP contribution in [0.25, 0.3) is 11.1 Å². The van der Waals surface area contributed by atoms with Gasteiger partial charge in [0.1, 0.15) is 0 Å². The highest BCUT2D eigenvalue weighted by Gasteiger charge is 2.51. The first-order valence-corrected chi connectivity index (χ1v) is 8.25. The Morgan fingerprint density at radius 2 is 1.70 bits per heavy atom. The molecule has 0 spiro atoms. The highest BCUT2D eigenvalue weighted by molar-refractivity contribution is 5.81. The molecule has 0 saturated heterocycles. The average Bonchev–Trinajstić information content (AvgIpc) is 2.93. The third-order valence-electron chi connectivity index (χ3n) is 5.26. The molecule has 0 aromatic heterocycles. The van der Waals surface area contributed by atoms with Gasteiger partial charge in [0.2, 0.25) is 0 Å². The summed E-state index contributed by atoms with van der Waals surface area (Å²) in [6.07, 6.45) is -0.0391. The summed E-state index contributed by atoms with van der Waals surface area (Å²) in [6.45, 7) is 2.15. The minimum absolute atomic E-state index is 0.00449. The molecule has 0 heterocycles. The minimum Gasteiger partial charge on any atom is -0.466 e. The maximum atomic E-state index is 12.5. The Labute approximate surface area is 135 Å². The van der Waals surface area contributed by atoms with Gasteiger partial charge < -0.3 is 9.84 Å². The van der Waals surface area contributed by atoms with Crippen molar-refractivity contribution in [1.82, 2.24) is 0 Å². The van der Waals surface area contributed by atoms with Gasteiger partial charge >= 0.3 is 5.97 Å². The number of benzene rings is 2. The standard InChI is InChI=1S/C20H20O3/c1-2-23-20(22)19-17(21)11-16-14-9-4-3-7-12(14)13-8-5-6-10-15(13)18(16)19/h3-10,16-19,21H,2,11H2,1H3/t16-,17+,18-,19-/m0/s1. The molecule has 1 N–H and O–H groups in total. The number of rotatable bonds is 2. The van der Waals surface area contributed by atoms with Crippen molar-refractivity contribution in [3.63, 3.8) is 0 Å². The van der Waals surface area contributed by atoms with E-state index in [1.54, 1.807) is 6.92 Å². The molecule has 4 atom stereocenters. The molecule has 3 nitrogen and oxygen atoms in total. The van der Waals surface area contributed by atoms with E-state index in [1.807, 2.05) is 24.3 Å². The van der Waals surface area contributed by atoms with Crippen LogP contribution < -0.4 is 0 Å². The molecular weight excluding hydrogens is 288 g/mol. The van der Waals surface area contributed by atoms with E-state index in [2.05, 4.69) is 24.3 Å². The highest BCUT2D eigenvalue weighted by Crippen LogP contribution is 2.57. The lowest BCUT2D eigenvalue weighted by Gasteiger charge is -2.33. The highest BCUT2D eigenvalue weighted by atomic mass is 16.5. The molecule has 2 aromatic rings. The van der Waals surface area contributed by atoms with Crippen LogP contribution in [0.4, 0.5) is 0 Å². The molecule has 2 aliphatic rings. The summed E-state index contributed by atoms with van der Waals surface area (Å²) in [7, 11) is 0. The van der Waals surface area contributed by atoms with E-state index in [4.69, 9.17) is 4.74 Å². The molecule has 23 heavy (non-hydrogen) atoms. The number of fused-ring (bicyclic) bond motifs is 6. The molecule has 0 radical (unpaired) electrons. The van der Waals surface area contributed by atoms with E-state index in [1.165, 1.54) is 16.7 Å². The number of aliphatic hydroxyl groups excluding tert-OH is 1. The molecule has 1 saturated carbocycles. The number of hydrogen-bond donors (Lipinski definition) is 1. The third kappa shape index (κ3) is 2.11. The van der Waals surface area contributed by atoms with Gasteiger partial charge in [-0.25, -0.2) is 0 Å². The van der Waals surface area contributed by atoms with Crippen LogP contribution >= 0.6 is 0 Å². The Hall–Kier alpha value is -2.13. The summed E-state index contributed by atoms with van der Waals surface area (Å²) in [5.41, 5.74) is 4.79. The number of carbonyl (C=O) groups excluding carboxylic acids is 1. The Morgan fingerprint density at radius 1 is 1.09 bits per heavy atom. The Kier molecular flexibility index (Phi) is 3.46. The fourth-order valence-corrected chi connectivity index (χ4v) is 4.41. The Bertz CT molecular complexity index is 752. The van der Waals surface area contributed by atoms with Gasteiger partial charge in [-0.1, -0.05) is 48.5 Å². The SMILES string of the molecule is CCOC(=O)[C@@H]1[C@H]2c3ccccc3-c3ccccc3[C@@H]2C[C@H]1O. The zero-order valence-corrected chi connectivity index (χ0v) is 13.1. The summed E-state index contributed by atoms with van der Waals surface area (Å²) < 4.78 is 5.25. The van der Waals surface area contributed by atoms with E-state index in [-0.39, 0.29) is 17.8 Å². The van der Waals surface area contributed by atoms with Gasteiger partial charge in [0.05, 0.1) is 18.6 Å². The van der Waals surface area contributed by atoms with Crippen molar-refractivity contribution in [2.24, 2.45) is 5.92 Å². The van der Waals surface area contributed by atoms with Gasteiger partial charge in [-0.3, -0.25) is 4.79 Å². The van der Waals surface area contributed by atoms with E-state index in [0.717, 1.165) is 5.56 Å². The molecule has 0 bridgehead atoms. The molecular formula is C20H20O3. The first kappa shape index (κ1) is 14.5. The van der Waals surface area contributed by atoms with Crippen molar-refractivity contribution in [1.29, 1.82) is 0 Å². The van der Waals surface area contributed by atoms with Gasteiger partial charge in [-0.2, -0.15) is 0 Å². The molecule has 0 amide bonds. The van der Waals surface area contributed by atoms with Crippen LogP contribution in [-0.4, -0.2) is 23.8 Å². The number of hydrogen-bond acceptors (Lipinski definition) is 3. The van der Waals surface area contributed by atoms with Crippen LogP contribution in [0.5, 0.6) is 0 Å². The molecule has 2 aromatic carbocycles. The summed E-state index contributed by atoms with van der Waals surface area (Å²) in [6, 6.07) is 16.6. The van der Waals surface area contributed by atoms with Crippen molar-refractivity contribution in [2.75, 3.05) is 6.61 Å². The van der Waals surface area contributed by atoms with Gasteiger partial charge in [-0.05, 0) is 41.5 Å². The van der Waals surface area contributed by atoms with Crippen molar-refractivity contribution < 1.29 is 14.6 Å². The molecule has 1 fully saturated rings. The number of carbonyl (C=O) groups is 1. The van der Waals surface area contributed by atoms with Crippen LogP contribution in [0.1, 0.15) is 36.3 Å². The second-order valence-electron chi connectivity index (χ2n) is 6.39. The van der Waals surface area contributed by atoms with Gasteiger partial charge in [-0.15, -0.1) is 0 Å². The summed E-state index contributed by atoms with van der Waals surface area (Å²) >= 11 is 0. The predicted molar refractivity (Wildman–Crippen MR) is 88.1 cm³/mol.